The van der Waals surface area contributed by atoms with Crippen LogP contribution in [0, 0.1) is 0 Å². The van der Waals surface area contributed by atoms with Gasteiger partial charge in [-0.05, 0) is 26.0 Å². The van der Waals surface area contributed by atoms with Gasteiger partial charge in [0.1, 0.15) is 32.7 Å². The monoisotopic (exact) mass is 280 g/mol. The van der Waals surface area contributed by atoms with E-state index in [0.717, 1.165) is 24.1 Å². The van der Waals surface area contributed by atoms with Crippen molar-refractivity contribution >= 4 is 0 Å². The average molecular weight is 280 g/mol. The van der Waals surface area contributed by atoms with Crippen LogP contribution >= 0.6 is 0 Å². The molecule has 1 aliphatic rings. The number of rotatable bonds is 5. The Labute approximate surface area is 122 Å². The molecule has 2 rings (SSSR count). The molecule has 0 aromatic heterocycles. The summed E-state index contributed by atoms with van der Waals surface area (Å²) in [6.45, 7) is 10.6. The third-order valence-corrected chi connectivity index (χ3v) is 4.34. The molecule has 0 atom stereocenters. The second-order valence-corrected chi connectivity index (χ2v) is 5.89. The van der Waals surface area contributed by atoms with E-state index >= 15 is 0 Å². The molecule has 1 fully saturated rings. The van der Waals surface area contributed by atoms with Gasteiger partial charge in [0.15, 0.2) is 11.5 Å². The molecule has 0 radical (unpaired) electrons. The standard InChI is InChI=1S/C16H26N2O2/c1-13(2)18-10-8-17(9-11-18)12-14-6-5-7-15(19-3)16(14)20-4/h5-7,13H,8-12H2,1-4H3/p+2. The van der Waals surface area contributed by atoms with E-state index < -0.39 is 0 Å². The van der Waals surface area contributed by atoms with Gasteiger partial charge in [0.25, 0.3) is 0 Å². The van der Waals surface area contributed by atoms with Gasteiger partial charge < -0.3 is 19.3 Å². The van der Waals surface area contributed by atoms with Crippen LogP contribution in [0.4, 0.5) is 0 Å². The number of hydrogen-bond acceptors (Lipinski definition) is 2. The Hall–Kier alpha value is -1.26. The molecule has 20 heavy (non-hydrogen) atoms. The van der Waals surface area contributed by atoms with Crippen LogP contribution in [0.1, 0.15) is 19.4 Å². The smallest absolute Gasteiger partial charge is 0.169 e. The minimum absolute atomic E-state index is 0.739. The summed E-state index contributed by atoms with van der Waals surface area (Å²) >= 11 is 0. The number of quaternary nitrogens is 2. The van der Waals surface area contributed by atoms with Crippen LogP contribution in [0.5, 0.6) is 11.5 Å². The number of benzene rings is 1. The van der Waals surface area contributed by atoms with Gasteiger partial charge in [0, 0.05) is 0 Å². The maximum atomic E-state index is 5.52. The molecule has 0 bridgehead atoms. The van der Waals surface area contributed by atoms with Gasteiger partial charge in [0.2, 0.25) is 0 Å². The first-order valence-corrected chi connectivity index (χ1v) is 7.53. The molecule has 112 valence electrons. The molecule has 0 unspecified atom stereocenters. The quantitative estimate of drug-likeness (QED) is 0.753. The highest BCUT2D eigenvalue weighted by Crippen LogP contribution is 2.29. The number of ether oxygens (including phenoxy) is 2. The zero-order chi connectivity index (χ0) is 14.5. The van der Waals surface area contributed by atoms with E-state index in [4.69, 9.17) is 9.47 Å². The first-order valence-electron chi connectivity index (χ1n) is 7.53. The predicted octanol–water partition coefficient (Wildman–Crippen LogP) is -0.604. The molecule has 2 N–H and O–H groups in total. The van der Waals surface area contributed by atoms with Crippen molar-refractivity contribution in [2.45, 2.75) is 26.4 Å². The maximum absolute atomic E-state index is 5.52. The third kappa shape index (κ3) is 3.44. The Bertz CT molecular complexity index is 426. The van der Waals surface area contributed by atoms with Crippen LogP contribution < -0.4 is 19.3 Å². The topological polar surface area (TPSA) is 27.3 Å². The van der Waals surface area contributed by atoms with Gasteiger partial charge in [-0.15, -0.1) is 0 Å². The fourth-order valence-electron chi connectivity index (χ4n) is 3.04. The predicted molar refractivity (Wildman–Crippen MR) is 79.8 cm³/mol. The highest BCUT2D eigenvalue weighted by molar-refractivity contribution is 5.46. The lowest BCUT2D eigenvalue weighted by atomic mass is 10.1. The highest BCUT2D eigenvalue weighted by Gasteiger charge is 2.25. The summed E-state index contributed by atoms with van der Waals surface area (Å²) in [5, 5.41) is 0. The lowest BCUT2D eigenvalue weighted by Crippen LogP contribution is -3.28. The van der Waals surface area contributed by atoms with Crippen molar-refractivity contribution in [2.75, 3.05) is 40.4 Å². The van der Waals surface area contributed by atoms with E-state index in [2.05, 4.69) is 19.9 Å². The van der Waals surface area contributed by atoms with E-state index in [1.165, 1.54) is 31.7 Å². The molecular weight excluding hydrogens is 252 g/mol. The third-order valence-electron chi connectivity index (χ3n) is 4.34. The number of nitrogens with one attached hydrogen (secondary N) is 2. The van der Waals surface area contributed by atoms with Gasteiger partial charge in [0.05, 0.1) is 25.8 Å². The van der Waals surface area contributed by atoms with Gasteiger partial charge in [-0.1, -0.05) is 6.07 Å². The minimum Gasteiger partial charge on any atom is -0.493 e. The van der Waals surface area contributed by atoms with Gasteiger partial charge in [-0.2, -0.15) is 0 Å². The second-order valence-electron chi connectivity index (χ2n) is 5.89. The lowest BCUT2D eigenvalue weighted by Gasteiger charge is -2.32. The molecule has 1 heterocycles. The number of para-hydroxylation sites is 1. The van der Waals surface area contributed by atoms with Crippen LogP contribution in [0.15, 0.2) is 18.2 Å². The van der Waals surface area contributed by atoms with Crippen LogP contribution in [-0.4, -0.2) is 46.4 Å². The summed E-state index contributed by atoms with van der Waals surface area (Å²) in [5.41, 5.74) is 1.25. The van der Waals surface area contributed by atoms with Crippen LogP contribution in [-0.2, 0) is 6.54 Å². The summed E-state index contributed by atoms with van der Waals surface area (Å²) < 4.78 is 10.9. The summed E-state index contributed by atoms with van der Waals surface area (Å²) in [6, 6.07) is 6.89. The van der Waals surface area contributed by atoms with E-state index in [0.29, 0.717) is 0 Å². The highest BCUT2D eigenvalue weighted by atomic mass is 16.5. The summed E-state index contributed by atoms with van der Waals surface area (Å²) in [6.07, 6.45) is 0. The first kappa shape index (κ1) is 15.1. The molecule has 0 saturated carbocycles. The van der Waals surface area contributed by atoms with Gasteiger partial charge in [-0.25, -0.2) is 0 Å². The molecule has 1 aromatic carbocycles. The Morgan fingerprint density at radius 3 is 2.30 bits per heavy atom. The molecule has 1 saturated heterocycles. The fraction of sp³-hybridized carbons (Fsp3) is 0.625. The molecule has 0 amide bonds. The summed E-state index contributed by atoms with van der Waals surface area (Å²) in [5.74, 6) is 1.72. The molecular formula is C16H28N2O2+2. The van der Waals surface area contributed by atoms with E-state index in [1.807, 2.05) is 12.1 Å². The molecule has 4 heteroatoms. The van der Waals surface area contributed by atoms with E-state index in [9.17, 15) is 0 Å². The molecule has 4 nitrogen and oxygen atoms in total. The Balaban J connectivity index is 2.01. The Morgan fingerprint density at radius 2 is 1.75 bits per heavy atom. The number of methoxy groups -OCH3 is 2. The zero-order valence-electron chi connectivity index (χ0n) is 13.2. The van der Waals surface area contributed by atoms with Crippen LogP contribution in [0.3, 0.4) is 0 Å². The first-order chi connectivity index (χ1) is 9.65. The molecule has 1 aromatic rings. The minimum atomic E-state index is 0.739. The number of piperazine rings is 1. The van der Waals surface area contributed by atoms with E-state index in [1.54, 1.807) is 24.0 Å². The van der Waals surface area contributed by atoms with Crippen molar-refractivity contribution in [3.63, 3.8) is 0 Å². The fourth-order valence-corrected chi connectivity index (χ4v) is 3.04. The van der Waals surface area contributed by atoms with E-state index in [-0.39, 0.29) is 0 Å². The van der Waals surface area contributed by atoms with Crippen LogP contribution in [0.25, 0.3) is 0 Å². The van der Waals surface area contributed by atoms with Crippen LogP contribution in [0.2, 0.25) is 0 Å². The average Bonchev–Trinajstić information content (AvgIpc) is 2.47. The largest absolute Gasteiger partial charge is 0.493 e. The SMILES string of the molecule is COc1cccc(C[NH+]2CC[NH+](C(C)C)CC2)c1OC. The van der Waals surface area contributed by atoms with Crippen molar-refractivity contribution in [3.8, 4) is 11.5 Å². The molecule has 1 aliphatic heterocycles. The van der Waals surface area contributed by atoms with Crippen molar-refractivity contribution in [1.29, 1.82) is 0 Å². The lowest BCUT2D eigenvalue weighted by molar-refractivity contribution is -1.03. The van der Waals surface area contributed by atoms with Crippen molar-refractivity contribution in [1.82, 2.24) is 0 Å². The van der Waals surface area contributed by atoms with Crippen molar-refractivity contribution in [3.05, 3.63) is 23.8 Å². The van der Waals surface area contributed by atoms with Crippen molar-refractivity contribution in [2.24, 2.45) is 0 Å². The molecule has 0 aliphatic carbocycles. The van der Waals surface area contributed by atoms with Gasteiger partial charge in [-0.3, -0.25) is 0 Å². The summed E-state index contributed by atoms with van der Waals surface area (Å²) in [4.78, 5) is 3.37. The summed E-state index contributed by atoms with van der Waals surface area (Å²) in [7, 11) is 3.41. The normalized spacial score (nSPS) is 22.9. The second kappa shape index (κ2) is 6.95. The number of hydrogen-bond donors (Lipinski definition) is 2. The van der Waals surface area contributed by atoms with Crippen molar-refractivity contribution < 1.29 is 19.3 Å². The Morgan fingerprint density at radius 1 is 1.05 bits per heavy atom. The Kier molecular flexibility index (Phi) is 5.26. The maximum Gasteiger partial charge on any atom is 0.169 e. The van der Waals surface area contributed by atoms with Gasteiger partial charge >= 0.3 is 0 Å². The zero-order valence-corrected chi connectivity index (χ0v) is 13.2. The molecule has 0 spiro atoms.